The average molecular weight is 514 g/mol. The second-order valence-electron chi connectivity index (χ2n) is 7.48. The van der Waals surface area contributed by atoms with Gasteiger partial charge in [0, 0.05) is 11.4 Å². The summed E-state index contributed by atoms with van der Waals surface area (Å²) in [5.74, 6) is 0.232. The van der Waals surface area contributed by atoms with Crippen LogP contribution in [0.3, 0.4) is 0 Å². The monoisotopic (exact) mass is 513 g/mol. The van der Waals surface area contributed by atoms with Crippen molar-refractivity contribution < 1.29 is 14.3 Å². The number of rotatable bonds is 6. The van der Waals surface area contributed by atoms with Crippen molar-refractivity contribution in [3.05, 3.63) is 88.4 Å². The molecule has 4 rings (SSSR count). The van der Waals surface area contributed by atoms with E-state index in [4.69, 9.17) is 27.9 Å². The molecular formula is C25H21Cl2N3O3S. The molecule has 2 amide bonds. The number of anilines is 1. The molecule has 1 fully saturated rings. The number of hydrogen-bond acceptors (Lipinski definition) is 5. The third kappa shape index (κ3) is 5.91. The van der Waals surface area contributed by atoms with E-state index in [0.717, 1.165) is 11.3 Å². The molecule has 174 valence electrons. The number of nitrogens with one attached hydrogen (secondary N) is 1. The molecule has 1 N–H and O–H groups in total. The third-order valence-electron chi connectivity index (χ3n) is 5.11. The predicted molar refractivity (Wildman–Crippen MR) is 138 cm³/mol. The molecule has 9 heteroatoms. The summed E-state index contributed by atoms with van der Waals surface area (Å²) in [5, 5.41) is 3.62. The highest BCUT2D eigenvalue weighted by Gasteiger charge is 2.36. The second-order valence-corrected chi connectivity index (χ2v) is 9.49. The molecule has 1 atom stereocenters. The van der Waals surface area contributed by atoms with Crippen molar-refractivity contribution in [2.45, 2.75) is 18.2 Å². The Kier molecular flexibility index (Phi) is 7.77. The van der Waals surface area contributed by atoms with Crippen LogP contribution in [0.2, 0.25) is 10.0 Å². The zero-order valence-corrected chi connectivity index (χ0v) is 20.5. The standard InChI is InChI=1S/C25H21Cl2N3O3S/c1-33-19-12-6-16(7-13-19)15-30-23(31)14-22(24(32)29-21-5-3-2-4-20(21)27)34-25(30)28-18-10-8-17(26)9-11-18/h2-13,22H,14-15H2,1H3,(H,29,32). The van der Waals surface area contributed by atoms with Gasteiger partial charge in [-0.3, -0.25) is 14.5 Å². The Morgan fingerprint density at radius 3 is 2.47 bits per heavy atom. The summed E-state index contributed by atoms with van der Waals surface area (Å²) in [6.07, 6.45) is 0.0384. The van der Waals surface area contributed by atoms with Crippen LogP contribution in [0.4, 0.5) is 11.4 Å². The van der Waals surface area contributed by atoms with Gasteiger partial charge in [0.05, 0.1) is 30.1 Å². The maximum absolute atomic E-state index is 13.2. The van der Waals surface area contributed by atoms with Crippen LogP contribution >= 0.6 is 35.0 Å². The Balaban J connectivity index is 1.60. The maximum atomic E-state index is 13.2. The lowest BCUT2D eigenvalue weighted by molar-refractivity contribution is -0.129. The van der Waals surface area contributed by atoms with Crippen LogP contribution in [0, 0.1) is 0 Å². The summed E-state index contributed by atoms with van der Waals surface area (Å²) in [6, 6.07) is 21.4. The van der Waals surface area contributed by atoms with Crippen LogP contribution in [-0.4, -0.2) is 34.2 Å². The highest BCUT2D eigenvalue weighted by atomic mass is 35.5. The van der Waals surface area contributed by atoms with E-state index in [1.54, 1.807) is 60.5 Å². The number of ether oxygens (including phenoxy) is 1. The Bertz CT molecular complexity index is 1220. The van der Waals surface area contributed by atoms with Gasteiger partial charge >= 0.3 is 0 Å². The van der Waals surface area contributed by atoms with Gasteiger partial charge in [0.2, 0.25) is 11.8 Å². The summed E-state index contributed by atoms with van der Waals surface area (Å²) in [5.41, 5.74) is 2.04. The van der Waals surface area contributed by atoms with Crippen molar-refractivity contribution in [3.8, 4) is 5.75 Å². The minimum Gasteiger partial charge on any atom is -0.497 e. The fraction of sp³-hybridized carbons (Fsp3) is 0.160. The Labute approximate surface area is 211 Å². The van der Waals surface area contributed by atoms with Gasteiger partial charge in [0.15, 0.2) is 5.17 Å². The zero-order valence-electron chi connectivity index (χ0n) is 18.2. The second kappa shape index (κ2) is 11.0. The van der Waals surface area contributed by atoms with Crippen LogP contribution in [0.5, 0.6) is 5.75 Å². The lowest BCUT2D eigenvalue weighted by Gasteiger charge is -2.32. The first-order chi connectivity index (χ1) is 16.4. The molecule has 3 aromatic carbocycles. The van der Waals surface area contributed by atoms with Crippen molar-refractivity contribution >= 4 is 63.3 Å². The number of para-hydroxylation sites is 1. The first kappa shape index (κ1) is 24.1. The number of aliphatic imine (C=N–C) groups is 1. The molecule has 0 spiro atoms. The van der Waals surface area contributed by atoms with E-state index in [2.05, 4.69) is 10.3 Å². The highest BCUT2D eigenvalue weighted by Crippen LogP contribution is 2.32. The molecule has 0 aliphatic carbocycles. The van der Waals surface area contributed by atoms with Crippen LogP contribution in [-0.2, 0) is 16.1 Å². The zero-order chi connectivity index (χ0) is 24.1. The fourth-order valence-electron chi connectivity index (χ4n) is 3.31. The first-order valence-corrected chi connectivity index (χ1v) is 12.1. The van der Waals surface area contributed by atoms with Crippen LogP contribution < -0.4 is 10.1 Å². The quantitative estimate of drug-likeness (QED) is 0.428. The van der Waals surface area contributed by atoms with Crippen molar-refractivity contribution in [3.63, 3.8) is 0 Å². The van der Waals surface area contributed by atoms with Crippen molar-refractivity contribution in [1.29, 1.82) is 0 Å². The molecular weight excluding hydrogens is 493 g/mol. The number of methoxy groups -OCH3 is 1. The minimum atomic E-state index is -0.651. The third-order valence-corrected chi connectivity index (χ3v) is 6.88. The topological polar surface area (TPSA) is 71.0 Å². The van der Waals surface area contributed by atoms with Crippen molar-refractivity contribution in [2.75, 3.05) is 12.4 Å². The van der Waals surface area contributed by atoms with Crippen molar-refractivity contribution in [2.24, 2.45) is 4.99 Å². The van der Waals surface area contributed by atoms with Gasteiger partial charge in [0.25, 0.3) is 0 Å². The Morgan fingerprint density at radius 2 is 1.79 bits per heavy atom. The first-order valence-electron chi connectivity index (χ1n) is 10.4. The molecule has 1 aliphatic heterocycles. The molecule has 0 saturated carbocycles. The number of carbonyl (C=O) groups is 2. The van der Waals surface area contributed by atoms with E-state index in [0.29, 0.717) is 33.1 Å². The van der Waals surface area contributed by atoms with E-state index < -0.39 is 5.25 Å². The number of halogens is 2. The molecule has 1 unspecified atom stereocenters. The Hall–Kier alpha value is -3.00. The smallest absolute Gasteiger partial charge is 0.238 e. The number of hydrogen-bond donors (Lipinski definition) is 1. The van der Waals surface area contributed by atoms with E-state index in [1.165, 1.54) is 11.8 Å². The molecule has 1 heterocycles. The average Bonchev–Trinajstić information content (AvgIpc) is 2.84. The fourth-order valence-corrected chi connectivity index (χ4v) is 4.72. The molecule has 1 saturated heterocycles. The van der Waals surface area contributed by atoms with E-state index in [9.17, 15) is 9.59 Å². The SMILES string of the molecule is COc1ccc(CN2C(=O)CC(C(=O)Nc3ccccc3Cl)SC2=Nc2ccc(Cl)cc2)cc1. The number of thioether (sulfide) groups is 1. The molecule has 0 bridgehead atoms. The Morgan fingerprint density at radius 1 is 1.09 bits per heavy atom. The summed E-state index contributed by atoms with van der Waals surface area (Å²) in [7, 11) is 1.60. The number of benzene rings is 3. The largest absolute Gasteiger partial charge is 0.497 e. The lowest BCUT2D eigenvalue weighted by atomic mass is 10.2. The van der Waals surface area contributed by atoms with Gasteiger partial charge < -0.3 is 10.1 Å². The van der Waals surface area contributed by atoms with Crippen LogP contribution in [0.1, 0.15) is 12.0 Å². The summed E-state index contributed by atoms with van der Waals surface area (Å²) < 4.78 is 5.21. The van der Waals surface area contributed by atoms with E-state index in [1.807, 2.05) is 24.3 Å². The van der Waals surface area contributed by atoms with Gasteiger partial charge in [-0.05, 0) is 54.1 Å². The van der Waals surface area contributed by atoms with Crippen LogP contribution in [0.15, 0.2) is 77.8 Å². The maximum Gasteiger partial charge on any atom is 0.238 e. The van der Waals surface area contributed by atoms with E-state index >= 15 is 0 Å². The molecule has 1 aliphatic rings. The molecule has 3 aromatic rings. The van der Waals surface area contributed by atoms with E-state index in [-0.39, 0.29) is 18.2 Å². The number of amidine groups is 1. The number of carbonyl (C=O) groups excluding carboxylic acids is 2. The minimum absolute atomic E-state index is 0.0384. The normalized spacial score (nSPS) is 17.0. The molecule has 0 radical (unpaired) electrons. The van der Waals surface area contributed by atoms with Crippen molar-refractivity contribution in [1.82, 2.24) is 4.90 Å². The number of amides is 2. The predicted octanol–water partition coefficient (Wildman–Crippen LogP) is 6.16. The summed E-state index contributed by atoms with van der Waals surface area (Å²) in [4.78, 5) is 32.5. The van der Waals surface area contributed by atoms with Crippen LogP contribution in [0.25, 0.3) is 0 Å². The highest BCUT2D eigenvalue weighted by molar-refractivity contribution is 8.15. The summed E-state index contributed by atoms with van der Waals surface area (Å²) in [6.45, 7) is 0.321. The van der Waals surface area contributed by atoms with Gasteiger partial charge in [0.1, 0.15) is 11.0 Å². The number of nitrogens with zero attached hydrogens (tertiary/aromatic N) is 2. The lowest BCUT2D eigenvalue weighted by Crippen LogP contribution is -2.44. The molecule has 0 aromatic heterocycles. The van der Waals surface area contributed by atoms with Gasteiger partial charge in [-0.2, -0.15) is 0 Å². The summed E-state index contributed by atoms with van der Waals surface area (Å²) >= 11 is 13.4. The van der Waals surface area contributed by atoms with Gasteiger partial charge in [-0.1, -0.05) is 59.2 Å². The molecule has 6 nitrogen and oxygen atoms in total. The molecule has 34 heavy (non-hydrogen) atoms. The van der Waals surface area contributed by atoms with Gasteiger partial charge in [-0.25, -0.2) is 4.99 Å². The van der Waals surface area contributed by atoms with Gasteiger partial charge in [-0.15, -0.1) is 0 Å².